The number of hydrogen-bond donors (Lipinski definition) is 0. The quantitative estimate of drug-likeness (QED) is 0.298. The molecule has 4 aliphatic rings. The maximum atomic E-state index is 11.9. The molecule has 2 aliphatic carbocycles. The van der Waals surface area contributed by atoms with Crippen LogP contribution >= 0.6 is 0 Å². The van der Waals surface area contributed by atoms with Gasteiger partial charge in [-0.2, -0.15) is 0 Å². The van der Waals surface area contributed by atoms with Gasteiger partial charge in [-0.25, -0.2) is 0 Å². The Bertz CT molecular complexity index is 1480. The van der Waals surface area contributed by atoms with Crippen LogP contribution in [-0.4, -0.2) is 57.8 Å². The first-order valence-corrected chi connectivity index (χ1v) is 14.9. The molecule has 7 heteroatoms. The first kappa shape index (κ1) is 27.4. The Morgan fingerprint density at radius 1 is 0.881 bits per heavy atom. The molecular weight excluding hydrogens is 532 g/mol. The number of rotatable bonds is 9. The smallest absolute Gasteiger partial charge is 0.306 e. The molecule has 7 atom stereocenters. The zero-order valence-corrected chi connectivity index (χ0v) is 24.6. The third-order valence-corrected chi connectivity index (χ3v) is 9.51. The van der Waals surface area contributed by atoms with Crippen molar-refractivity contribution in [2.24, 2.45) is 5.92 Å². The van der Waals surface area contributed by atoms with Gasteiger partial charge in [-0.05, 0) is 107 Å². The Kier molecular flexibility index (Phi) is 7.21. The van der Waals surface area contributed by atoms with E-state index < -0.39 is 0 Å². The molecule has 0 bridgehead atoms. The van der Waals surface area contributed by atoms with Gasteiger partial charge in [-0.15, -0.1) is 0 Å². The van der Waals surface area contributed by atoms with Gasteiger partial charge in [0.05, 0.1) is 26.7 Å². The maximum absolute atomic E-state index is 11.9. The second-order valence-electron chi connectivity index (χ2n) is 12.1. The second kappa shape index (κ2) is 11.0. The van der Waals surface area contributed by atoms with Crippen LogP contribution < -0.4 is 9.47 Å². The molecule has 3 aromatic carbocycles. The number of carbonyl (C=O) groups excluding carboxylic acids is 1. The lowest BCUT2D eigenvalue weighted by atomic mass is 9.93. The highest BCUT2D eigenvalue weighted by molar-refractivity contribution is 5.73. The first-order valence-electron chi connectivity index (χ1n) is 14.9. The SMILES string of the molecule is COC(=O)CC1c2ccc(OCc3cccc(-c4c(C)cc(O[C@H]5CO[C@H]6C5OC[C@H]6OC)cc4C)c3)cc2C2CC12. The molecule has 42 heavy (non-hydrogen) atoms. The summed E-state index contributed by atoms with van der Waals surface area (Å²) >= 11 is 0. The molecule has 1 saturated carbocycles. The highest BCUT2D eigenvalue weighted by atomic mass is 16.6. The van der Waals surface area contributed by atoms with E-state index in [-0.39, 0.29) is 36.3 Å². The number of benzene rings is 3. The number of carbonyl (C=O) groups is 1. The molecule has 3 aromatic rings. The summed E-state index contributed by atoms with van der Waals surface area (Å²) in [7, 11) is 3.16. The van der Waals surface area contributed by atoms with Crippen LogP contribution in [0.1, 0.15) is 52.5 Å². The van der Waals surface area contributed by atoms with Crippen molar-refractivity contribution >= 4 is 5.97 Å². The summed E-state index contributed by atoms with van der Waals surface area (Å²) in [6.07, 6.45) is 1.25. The highest BCUT2D eigenvalue weighted by Gasteiger charge is 2.52. The normalized spacial score (nSPS) is 28.6. The predicted molar refractivity (Wildman–Crippen MR) is 157 cm³/mol. The van der Waals surface area contributed by atoms with E-state index in [1.54, 1.807) is 7.11 Å². The third kappa shape index (κ3) is 4.97. The van der Waals surface area contributed by atoms with Gasteiger partial charge in [0.25, 0.3) is 0 Å². The van der Waals surface area contributed by atoms with Crippen LogP contribution in [0.15, 0.2) is 54.6 Å². The molecule has 0 radical (unpaired) electrons. The zero-order valence-electron chi connectivity index (χ0n) is 24.6. The van der Waals surface area contributed by atoms with Gasteiger partial charge in [-0.1, -0.05) is 24.3 Å². The second-order valence-corrected chi connectivity index (χ2v) is 12.1. The minimum Gasteiger partial charge on any atom is -0.489 e. The largest absolute Gasteiger partial charge is 0.489 e. The zero-order chi connectivity index (χ0) is 29.0. The van der Waals surface area contributed by atoms with Crippen molar-refractivity contribution in [2.45, 2.75) is 69.5 Å². The summed E-state index contributed by atoms with van der Waals surface area (Å²) in [5, 5.41) is 0. The molecule has 0 aromatic heterocycles. The summed E-state index contributed by atoms with van der Waals surface area (Å²) < 4.78 is 34.9. The van der Waals surface area contributed by atoms with E-state index in [4.69, 9.17) is 28.4 Å². The molecule has 2 saturated heterocycles. The first-order chi connectivity index (χ1) is 20.4. The average molecular weight is 571 g/mol. The van der Waals surface area contributed by atoms with Crippen LogP contribution in [0, 0.1) is 19.8 Å². The van der Waals surface area contributed by atoms with Gasteiger partial charge in [0.2, 0.25) is 0 Å². The molecule has 0 amide bonds. The number of hydrogen-bond acceptors (Lipinski definition) is 7. The summed E-state index contributed by atoms with van der Waals surface area (Å²) in [5.74, 6) is 2.96. The molecule has 2 aliphatic heterocycles. The molecule has 3 fully saturated rings. The van der Waals surface area contributed by atoms with E-state index in [2.05, 4.69) is 62.4 Å². The molecule has 220 valence electrons. The maximum Gasteiger partial charge on any atom is 0.306 e. The Morgan fingerprint density at radius 2 is 1.64 bits per heavy atom. The van der Waals surface area contributed by atoms with Gasteiger partial charge in [0.15, 0.2) is 6.10 Å². The highest BCUT2D eigenvalue weighted by Crippen LogP contribution is 2.64. The van der Waals surface area contributed by atoms with E-state index in [0.29, 0.717) is 38.1 Å². The van der Waals surface area contributed by atoms with Crippen LogP contribution in [0.2, 0.25) is 0 Å². The van der Waals surface area contributed by atoms with Crippen molar-refractivity contribution < 1.29 is 33.2 Å². The molecule has 0 spiro atoms. The van der Waals surface area contributed by atoms with E-state index in [9.17, 15) is 4.79 Å². The molecule has 2 heterocycles. The molecule has 0 N–H and O–H groups in total. The van der Waals surface area contributed by atoms with Gasteiger partial charge in [0.1, 0.15) is 36.4 Å². The van der Waals surface area contributed by atoms with Gasteiger partial charge in [-0.3, -0.25) is 4.79 Å². The van der Waals surface area contributed by atoms with Crippen molar-refractivity contribution in [3.05, 3.63) is 82.4 Å². The molecule has 7 rings (SSSR count). The average Bonchev–Trinajstić information content (AvgIpc) is 3.37. The third-order valence-electron chi connectivity index (χ3n) is 9.51. The van der Waals surface area contributed by atoms with Crippen LogP contribution in [0.3, 0.4) is 0 Å². The van der Waals surface area contributed by atoms with Crippen molar-refractivity contribution in [3.63, 3.8) is 0 Å². The van der Waals surface area contributed by atoms with Crippen molar-refractivity contribution in [1.29, 1.82) is 0 Å². The fraction of sp³-hybridized carbons (Fsp3) is 0.457. The fourth-order valence-corrected chi connectivity index (χ4v) is 7.41. The Hall–Kier alpha value is -3.39. The Morgan fingerprint density at radius 3 is 2.40 bits per heavy atom. The van der Waals surface area contributed by atoms with E-state index >= 15 is 0 Å². The molecular formula is C35H38O7. The Balaban J connectivity index is 1.03. The van der Waals surface area contributed by atoms with E-state index in [1.165, 1.54) is 23.8 Å². The van der Waals surface area contributed by atoms with E-state index in [0.717, 1.165) is 40.2 Å². The topological polar surface area (TPSA) is 72.5 Å². The minimum atomic E-state index is -0.149. The molecule has 7 nitrogen and oxygen atoms in total. The lowest BCUT2D eigenvalue weighted by molar-refractivity contribution is -0.141. The van der Waals surface area contributed by atoms with Gasteiger partial charge < -0.3 is 28.4 Å². The minimum absolute atomic E-state index is 0.0376. The fourth-order valence-electron chi connectivity index (χ4n) is 7.41. The van der Waals surface area contributed by atoms with Crippen molar-refractivity contribution in [3.8, 4) is 22.6 Å². The monoisotopic (exact) mass is 570 g/mol. The van der Waals surface area contributed by atoms with Gasteiger partial charge >= 0.3 is 5.97 Å². The summed E-state index contributed by atoms with van der Waals surface area (Å²) in [4.78, 5) is 11.9. The molecule has 4 unspecified atom stereocenters. The number of methoxy groups -OCH3 is 2. The lowest BCUT2D eigenvalue weighted by Crippen LogP contribution is -2.35. The number of esters is 1. The van der Waals surface area contributed by atoms with Crippen LogP contribution in [0.4, 0.5) is 0 Å². The van der Waals surface area contributed by atoms with Crippen molar-refractivity contribution in [1.82, 2.24) is 0 Å². The van der Waals surface area contributed by atoms with Crippen LogP contribution in [0.25, 0.3) is 11.1 Å². The van der Waals surface area contributed by atoms with Crippen LogP contribution in [-0.2, 0) is 30.3 Å². The summed E-state index contributed by atoms with van der Waals surface area (Å²) in [6, 6.07) is 19.1. The number of aryl methyl sites for hydroxylation is 2. The summed E-state index contributed by atoms with van der Waals surface area (Å²) in [6.45, 7) is 5.77. The lowest BCUT2D eigenvalue weighted by Gasteiger charge is -2.20. The number of fused-ring (bicyclic) bond motifs is 4. The standard InChI is InChI=1S/C35H38O7/c1-19-10-24(42-31-18-41-34-30(37-3)17-40-35(31)34)11-20(2)33(19)22-7-5-6-21(12-22)16-39-23-8-9-25-26(13-23)27-14-28(27)29(25)15-32(36)38-4/h5-13,27-31,34-35H,14-18H2,1-4H3/t27?,28?,29?,30-,31+,34-,35?/m1/s1. The van der Waals surface area contributed by atoms with Gasteiger partial charge in [0, 0.05) is 7.11 Å². The Labute approximate surface area is 247 Å². The van der Waals surface area contributed by atoms with E-state index in [1.807, 2.05) is 6.07 Å². The van der Waals surface area contributed by atoms with Crippen molar-refractivity contribution in [2.75, 3.05) is 27.4 Å². The van der Waals surface area contributed by atoms with Crippen LogP contribution in [0.5, 0.6) is 11.5 Å². The number of ether oxygens (including phenoxy) is 6. The summed E-state index contributed by atoms with van der Waals surface area (Å²) in [5.41, 5.74) is 8.40. The predicted octanol–water partition coefficient (Wildman–Crippen LogP) is 5.87.